The second-order valence-corrected chi connectivity index (χ2v) is 6.37. The Balaban J connectivity index is 2.02. The minimum absolute atomic E-state index is 0.353. The molecule has 3 rings (SSSR count). The lowest BCUT2D eigenvalue weighted by Gasteiger charge is -2.31. The van der Waals surface area contributed by atoms with Crippen LogP contribution in [-0.4, -0.2) is 21.4 Å². The maximum atomic E-state index is 13.1. The molecule has 0 aromatic carbocycles. The van der Waals surface area contributed by atoms with Crippen molar-refractivity contribution in [2.75, 3.05) is 6.67 Å². The van der Waals surface area contributed by atoms with Crippen LogP contribution in [0.15, 0.2) is 22.8 Å². The average molecular weight is 342 g/mol. The fourth-order valence-electron chi connectivity index (χ4n) is 2.49. The van der Waals surface area contributed by atoms with E-state index in [9.17, 15) is 8.78 Å². The molecule has 1 aliphatic heterocycles. The molecule has 0 saturated carbocycles. The van der Waals surface area contributed by atoms with Gasteiger partial charge in [-0.3, -0.25) is 14.1 Å². The summed E-state index contributed by atoms with van der Waals surface area (Å²) in [6, 6.07) is 2.96. The lowest BCUT2D eigenvalue weighted by Crippen LogP contribution is -2.32. The molecule has 1 unspecified atom stereocenters. The molecule has 3 nitrogen and oxygen atoms in total. The Labute approximate surface area is 124 Å². The predicted molar refractivity (Wildman–Crippen MR) is 75.5 cm³/mol. The summed E-state index contributed by atoms with van der Waals surface area (Å²) in [6.45, 7) is 2.13. The van der Waals surface area contributed by atoms with Crippen molar-refractivity contribution >= 4 is 15.9 Å². The minimum Gasteiger partial charge on any atom is -0.267 e. The average Bonchev–Trinajstić information content (AvgIpc) is 2.76. The number of aromatic nitrogens is 3. The first-order valence-electron chi connectivity index (χ1n) is 6.45. The van der Waals surface area contributed by atoms with Gasteiger partial charge >= 0.3 is 0 Å². The molecule has 3 heterocycles. The molecule has 0 fully saturated rings. The summed E-state index contributed by atoms with van der Waals surface area (Å²) < 4.78 is 28.8. The summed E-state index contributed by atoms with van der Waals surface area (Å²) in [5.74, 6) is -0.376. The van der Waals surface area contributed by atoms with E-state index in [-0.39, 0.29) is 17.9 Å². The van der Waals surface area contributed by atoms with Crippen LogP contribution in [0.3, 0.4) is 0 Å². The maximum Gasteiger partial charge on any atom is 0.141 e. The van der Waals surface area contributed by atoms with Crippen LogP contribution in [0.4, 0.5) is 8.78 Å². The van der Waals surface area contributed by atoms with Crippen LogP contribution in [0.25, 0.3) is 11.4 Å². The van der Waals surface area contributed by atoms with Gasteiger partial charge in [0.05, 0.1) is 28.7 Å². The molecule has 1 aliphatic rings. The third-order valence-corrected chi connectivity index (χ3v) is 4.62. The van der Waals surface area contributed by atoms with Crippen molar-refractivity contribution in [1.82, 2.24) is 14.8 Å². The van der Waals surface area contributed by atoms with E-state index in [4.69, 9.17) is 0 Å². The molecule has 0 spiro atoms. The molecular weight excluding hydrogens is 328 g/mol. The predicted octanol–water partition coefficient (Wildman–Crippen LogP) is 3.77. The first-order valence-corrected chi connectivity index (χ1v) is 7.25. The van der Waals surface area contributed by atoms with Gasteiger partial charge in [0, 0.05) is 12.0 Å². The van der Waals surface area contributed by atoms with Gasteiger partial charge in [0.2, 0.25) is 0 Å². The van der Waals surface area contributed by atoms with E-state index in [1.165, 1.54) is 12.3 Å². The van der Waals surface area contributed by atoms with Crippen molar-refractivity contribution in [3.63, 3.8) is 0 Å². The van der Waals surface area contributed by atoms with E-state index in [0.29, 0.717) is 17.9 Å². The Morgan fingerprint density at radius 1 is 1.45 bits per heavy atom. The molecule has 106 valence electrons. The summed E-state index contributed by atoms with van der Waals surface area (Å²) in [7, 11) is 0. The minimum atomic E-state index is -0.376. The van der Waals surface area contributed by atoms with E-state index in [0.717, 1.165) is 23.0 Å². The summed E-state index contributed by atoms with van der Waals surface area (Å²) in [4.78, 5) is 4.05. The number of alkyl halides is 1. The largest absolute Gasteiger partial charge is 0.267 e. The van der Waals surface area contributed by atoms with Crippen molar-refractivity contribution in [2.45, 2.75) is 26.3 Å². The molecule has 20 heavy (non-hydrogen) atoms. The molecule has 0 aliphatic carbocycles. The highest BCUT2D eigenvalue weighted by molar-refractivity contribution is 9.10. The van der Waals surface area contributed by atoms with E-state index < -0.39 is 0 Å². The van der Waals surface area contributed by atoms with Gasteiger partial charge in [0.25, 0.3) is 0 Å². The number of nitrogens with zero attached hydrogens (tertiary/aromatic N) is 3. The number of hydrogen-bond acceptors (Lipinski definition) is 2. The smallest absolute Gasteiger partial charge is 0.141 e. The van der Waals surface area contributed by atoms with Gasteiger partial charge in [-0.15, -0.1) is 0 Å². The molecule has 2 aromatic rings. The number of hydrogen-bond donors (Lipinski definition) is 0. The van der Waals surface area contributed by atoms with Gasteiger partial charge in [-0.2, -0.15) is 5.10 Å². The number of fused-ring (bicyclic) bond motifs is 1. The van der Waals surface area contributed by atoms with Crippen LogP contribution in [0.2, 0.25) is 0 Å². The summed E-state index contributed by atoms with van der Waals surface area (Å²) in [5, 5.41) is 4.51. The molecule has 2 aromatic heterocycles. The lowest BCUT2D eigenvalue weighted by atomic mass is 9.84. The summed E-state index contributed by atoms with van der Waals surface area (Å²) in [6.07, 6.45) is 2.74. The molecule has 0 amide bonds. The molecule has 0 radical (unpaired) electrons. The van der Waals surface area contributed by atoms with Crippen molar-refractivity contribution in [1.29, 1.82) is 0 Å². The van der Waals surface area contributed by atoms with Crippen molar-refractivity contribution in [3.8, 4) is 11.4 Å². The Morgan fingerprint density at radius 2 is 2.25 bits per heavy atom. The zero-order valence-electron chi connectivity index (χ0n) is 11.0. The fraction of sp³-hybridized carbons (Fsp3) is 0.429. The van der Waals surface area contributed by atoms with Gasteiger partial charge in [0.15, 0.2) is 0 Å². The Hall–Kier alpha value is -1.30. The van der Waals surface area contributed by atoms with Gasteiger partial charge < -0.3 is 0 Å². The van der Waals surface area contributed by atoms with Crippen molar-refractivity contribution < 1.29 is 8.78 Å². The molecule has 0 saturated heterocycles. The van der Waals surface area contributed by atoms with Crippen molar-refractivity contribution in [3.05, 3.63) is 34.3 Å². The zero-order valence-corrected chi connectivity index (χ0v) is 12.6. The first kappa shape index (κ1) is 13.7. The van der Waals surface area contributed by atoms with Gasteiger partial charge in [-0.25, -0.2) is 4.39 Å². The second-order valence-electron chi connectivity index (χ2n) is 5.57. The summed E-state index contributed by atoms with van der Waals surface area (Å²) >= 11 is 3.54. The molecule has 0 N–H and O–H groups in total. The van der Waals surface area contributed by atoms with Gasteiger partial charge in [-0.1, -0.05) is 6.92 Å². The van der Waals surface area contributed by atoms with Crippen molar-refractivity contribution in [2.24, 2.45) is 5.41 Å². The number of pyridine rings is 1. The van der Waals surface area contributed by atoms with E-state index in [2.05, 4.69) is 26.0 Å². The highest BCUT2D eigenvalue weighted by Crippen LogP contribution is 2.38. The highest BCUT2D eigenvalue weighted by atomic mass is 79.9. The standard InChI is InChI=1S/C14H14BrF2N3/c1-14(7-16)5-4-11-12(15)13(19-20(11)8-14)10-3-2-9(17)6-18-10/h2-3,6H,4-5,7-8H2,1H3. The number of halogens is 3. The topological polar surface area (TPSA) is 30.7 Å². The van der Waals surface area contributed by atoms with Gasteiger partial charge in [0.1, 0.15) is 11.5 Å². The molecule has 0 bridgehead atoms. The van der Waals surface area contributed by atoms with Crippen LogP contribution < -0.4 is 0 Å². The lowest BCUT2D eigenvalue weighted by molar-refractivity contribution is 0.154. The van der Waals surface area contributed by atoms with Crippen LogP contribution in [0.1, 0.15) is 19.0 Å². The van der Waals surface area contributed by atoms with E-state index in [1.54, 1.807) is 6.07 Å². The molecular formula is C14H14BrF2N3. The van der Waals surface area contributed by atoms with Crippen LogP contribution >= 0.6 is 15.9 Å². The monoisotopic (exact) mass is 341 g/mol. The molecule has 1 atom stereocenters. The van der Waals surface area contributed by atoms with E-state index >= 15 is 0 Å². The highest BCUT2D eigenvalue weighted by Gasteiger charge is 2.33. The Kier molecular flexibility index (Phi) is 3.36. The quantitative estimate of drug-likeness (QED) is 0.832. The third kappa shape index (κ3) is 2.26. The Bertz CT molecular complexity index is 639. The van der Waals surface area contributed by atoms with Crippen LogP contribution in [0, 0.1) is 11.2 Å². The SMILES string of the molecule is CC1(CF)CCc2c(Br)c(-c3ccc(F)cn3)nn2C1. The van der Waals surface area contributed by atoms with Gasteiger partial charge in [-0.05, 0) is 40.9 Å². The Morgan fingerprint density at radius 3 is 2.90 bits per heavy atom. The van der Waals surface area contributed by atoms with Crippen LogP contribution in [0.5, 0.6) is 0 Å². The molecule has 6 heteroatoms. The first-order chi connectivity index (χ1) is 9.52. The fourth-order valence-corrected chi connectivity index (χ4v) is 3.18. The van der Waals surface area contributed by atoms with E-state index in [1.807, 2.05) is 11.6 Å². The second kappa shape index (κ2) is 4.91. The maximum absolute atomic E-state index is 13.1. The van der Waals surface area contributed by atoms with Crippen LogP contribution in [-0.2, 0) is 13.0 Å². The number of rotatable bonds is 2. The zero-order chi connectivity index (χ0) is 14.3. The normalized spacial score (nSPS) is 21.8. The summed E-state index contributed by atoms with van der Waals surface area (Å²) in [5.41, 5.74) is 1.99. The third-order valence-electron chi connectivity index (χ3n) is 3.78.